The summed E-state index contributed by atoms with van der Waals surface area (Å²) in [5, 5.41) is 8.64. The van der Waals surface area contributed by atoms with Crippen LogP contribution in [0, 0.1) is 0 Å². The van der Waals surface area contributed by atoms with E-state index in [9.17, 15) is 0 Å². The molecule has 0 aliphatic heterocycles. The van der Waals surface area contributed by atoms with Gasteiger partial charge < -0.3 is 15.4 Å². The standard InChI is InChI=1S/C17H21N5OS.HI/c1-18-16(19-8-7-13-3-5-15(23-2)6-4-13)20-11-14-12-22-9-10-24-17(22)21-14;/h3-6,9-10,12H,7-8,11H2,1-2H3,(H2,18,19,20);1H. The van der Waals surface area contributed by atoms with Gasteiger partial charge in [-0.25, -0.2) is 4.98 Å². The third kappa shape index (κ3) is 5.33. The highest BCUT2D eigenvalue weighted by molar-refractivity contribution is 14.0. The Hall–Kier alpha value is -1.81. The summed E-state index contributed by atoms with van der Waals surface area (Å²) in [6, 6.07) is 8.11. The van der Waals surface area contributed by atoms with Gasteiger partial charge in [-0.05, 0) is 24.1 Å². The molecule has 2 N–H and O–H groups in total. The number of benzene rings is 1. The zero-order chi connectivity index (χ0) is 16.8. The summed E-state index contributed by atoms with van der Waals surface area (Å²) >= 11 is 1.63. The van der Waals surface area contributed by atoms with Crippen LogP contribution in [0.15, 0.2) is 47.0 Å². The van der Waals surface area contributed by atoms with E-state index in [1.807, 2.05) is 34.3 Å². The molecule has 2 aromatic heterocycles. The second-order valence-electron chi connectivity index (χ2n) is 5.28. The van der Waals surface area contributed by atoms with Crippen LogP contribution in [-0.2, 0) is 13.0 Å². The normalized spacial score (nSPS) is 11.2. The van der Waals surface area contributed by atoms with Crippen LogP contribution in [0.4, 0.5) is 0 Å². The van der Waals surface area contributed by atoms with Crippen molar-refractivity contribution in [3.8, 4) is 5.75 Å². The number of aromatic nitrogens is 2. The van der Waals surface area contributed by atoms with Crippen LogP contribution in [0.3, 0.4) is 0 Å². The van der Waals surface area contributed by atoms with Gasteiger partial charge in [-0.15, -0.1) is 35.3 Å². The second kappa shape index (κ2) is 9.62. The van der Waals surface area contributed by atoms with E-state index in [1.165, 1.54) is 5.56 Å². The first-order valence-electron chi connectivity index (χ1n) is 7.77. The zero-order valence-corrected chi connectivity index (χ0v) is 17.4. The predicted molar refractivity (Wildman–Crippen MR) is 113 cm³/mol. The van der Waals surface area contributed by atoms with Crippen molar-refractivity contribution < 1.29 is 4.74 Å². The van der Waals surface area contributed by atoms with E-state index in [-0.39, 0.29) is 24.0 Å². The fraction of sp³-hybridized carbons (Fsp3) is 0.294. The van der Waals surface area contributed by atoms with E-state index in [2.05, 4.69) is 32.7 Å². The lowest BCUT2D eigenvalue weighted by Gasteiger charge is -2.11. The molecular formula is C17H22IN5OS. The van der Waals surface area contributed by atoms with Crippen molar-refractivity contribution in [2.24, 2.45) is 4.99 Å². The van der Waals surface area contributed by atoms with E-state index < -0.39 is 0 Å². The van der Waals surface area contributed by atoms with Gasteiger partial charge in [0.2, 0.25) is 0 Å². The minimum Gasteiger partial charge on any atom is -0.497 e. The van der Waals surface area contributed by atoms with Crippen molar-refractivity contribution in [2.75, 3.05) is 20.7 Å². The maximum absolute atomic E-state index is 5.17. The predicted octanol–water partition coefficient (Wildman–Crippen LogP) is 2.93. The number of nitrogens with one attached hydrogen (secondary N) is 2. The molecule has 6 nitrogen and oxygen atoms in total. The van der Waals surface area contributed by atoms with Gasteiger partial charge in [0.1, 0.15) is 5.75 Å². The average Bonchev–Trinajstić information content (AvgIpc) is 3.20. The molecule has 0 bridgehead atoms. The summed E-state index contributed by atoms with van der Waals surface area (Å²) in [7, 11) is 3.45. The van der Waals surface area contributed by atoms with Crippen molar-refractivity contribution >= 4 is 46.2 Å². The molecule has 0 spiro atoms. The summed E-state index contributed by atoms with van der Waals surface area (Å²) in [6.45, 7) is 1.46. The van der Waals surface area contributed by atoms with Crippen LogP contribution >= 0.6 is 35.3 Å². The Balaban J connectivity index is 0.00000225. The number of hydrogen-bond donors (Lipinski definition) is 2. The van der Waals surface area contributed by atoms with Crippen LogP contribution in [0.25, 0.3) is 4.96 Å². The molecule has 0 atom stereocenters. The van der Waals surface area contributed by atoms with Crippen molar-refractivity contribution in [1.82, 2.24) is 20.0 Å². The van der Waals surface area contributed by atoms with Gasteiger partial charge in [-0.3, -0.25) is 9.39 Å². The Morgan fingerprint density at radius 3 is 2.76 bits per heavy atom. The van der Waals surface area contributed by atoms with Gasteiger partial charge >= 0.3 is 0 Å². The van der Waals surface area contributed by atoms with Crippen LogP contribution in [0.2, 0.25) is 0 Å². The molecule has 134 valence electrons. The first-order valence-corrected chi connectivity index (χ1v) is 8.65. The molecule has 0 aliphatic carbocycles. The maximum atomic E-state index is 5.17. The lowest BCUT2D eigenvalue weighted by Crippen LogP contribution is -2.37. The molecule has 0 amide bonds. The van der Waals surface area contributed by atoms with Crippen LogP contribution < -0.4 is 15.4 Å². The Labute approximate surface area is 168 Å². The summed E-state index contributed by atoms with van der Waals surface area (Å²) in [6.07, 6.45) is 4.97. The third-order valence-corrected chi connectivity index (χ3v) is 4.44. The zero-order valence-electron chi connectivity index (χ0n) is 14.2. The van der Waals surface area contributed by atoms with E-state index in [4.69, 9.17) is 4.74 Å². The number of aliphatic imine (C=N–C) groups is 1. The summed E-state index contributed by atoms with van der Waals surface area (Å²) < 4.78 is 7.20. The third-order valence-electron chi connectivity index (χ3n) is 3.67. The highest BCUT2D eigenvalue weighted by Crippen LogP contribution is 2.12. The first kappa shape index (κ1) is 19.5. The molecule has 3 rings (SSSR count). The molecule has 0 saturated heterocycles. The maximum Gasteiger partial charge on any atom is 0.193 e. The molecule has 8 heteroatoms. The van der Waals surface area contributed by atoms with E-state index in [0.717, 1.165) is 35.3 Å². The van der Waals surface area contributed by atoms with Gasteiger partial charge in [0, 0.05) is 31.4 Å². The number of rotatable bonds is 6. The molecule has 3 aromatic rings. The Morgan fingerprint density at radius 1 is 1.28 bits per heavy atom. The minimum absolute atomic E-state index is 0. The lowest BCUT2D eigenvalue weighted by molar-refractivity contribution is 0.414. The number of nitrogens with zero attached hydrogens (tertiary/aromatic N) is 3. The quantitative estimate of drug-likeness (QED) is 0.330. The lowest BCUT2D eigenvalue weighted by atomic mass is 10.1. The number of imidazole rings is 1. The summed E-state index contributed by atoms with van der Waals surface area (Å²) in [5.74, 6) is 1.66. The molecule has 25 heavy (non-hydrogen) atoms. The number of guanidine groups is 1. The van der Waals surface area contributed by atoms with Gasteiger partial charge in [0.15, 0.2) is 10.9 Å². The van der Waals surface area contributed by atoms with Crippen molar-refractivity contribution in [3.05, 3.63) is 53.3 Å². The Bertz CT molecular complexity index is 783. The van der Waals surface area contributed by atoms with Gasteiger partial charge in [0.05, 0.1) is 19.3 Å². The molecule has 2 heterocycles. The molecule has 1 aromatic carbocycles. The first-order chi connectivity index (χ1) is 11.8. The number of hydrogen-bond acceptors (Lipinski definition) is 4. The largest absolute Gasteiger partial charge is 0.497 e. The molecule has 0 unspecified atom stereocenters. The summed E-state index contributed by atoms with van der Waals surface area (Å²) in [4.78, 5) is 9.80. The topological polar surface area (TPSA) is 63.0 Å². The van der Waals surface area contributed by atoms with E-state index in [0.29, 0.717) is 6.54 Å². The van der Waals surface area contributed by atoms with Gasteiger partial charge in [-0.2, -0.15) is 0 Å². The number of methoxy groups -OCH3 is 1. The van der Waals surface area contributed by atoms with E-state index in [1.54, 1.807) is 25.5 Å². The highest BCUT2D eigenvalue weighted by Gasteiger charge is 2.04. The van der Waals surface area contributed by atoms with Crippen LogP contribution in [0.1, 0.15) is 11.3 Å². The minimum atomic E-state index is 0. The second-order valence-corrected chi connectivity index (χ2v) is 6.15. The monoisotopic (exact) mass is 471 g/mol. The molecular weight excluding hydrogens is 449 g/mol. The van der Waals surface area contributed by atoms with Gasteiger partial charge in [0.25, 0.3) is 0 Å². The van der Waals surface area contributed by atoms with Crippen molar-refractivity contribution in [2.45, 2.75) is 13.0 Å². The highest BCUT2D eigenvalue weighted by atomic mass is 127. The SMILES string of the molecule is CN=C(NCCc1ccc(OC)cc1)NCc1cn2ccsc2n1.I. The van der Waals surface area contributed by atoms with Crippen molar-refractivity contribution in [3.63, 3.8) is 0 Å². The number of halogens is 1. The van der Waals surface area contributed by atoms with E-state index >= 15 is 0 Å². The van der Waals surface area contributed by atoms with Gasteiger partial charge in [-0.1, -0.05) is 12.1 Å². The fourth-order valence-corrected chi connectivity index (χ4v) is 3.09. The molecule has 0 saturated carbocycles. The summed E-state index contributed by atoms with van der Waals surface area (Å²) in [5.41, 5.74) is 2.26. The number of ether oxygens (including phenoxy) is 1. The fourth-order valence-electron chi connectivity index (χ4n) is 2.37. The molecule has 0 fully saturated rings. The van der Waals surface area contributed by atoms with Crippen LogP contribution in [-0.4, -0.2) is 36.0 Å². The molecule has 0 radical (unpaired) electrons. The Morgan fingerprint density at radius 2 is 2.08 bits per heavy atom. The van der Waals surface area contributed by atoms with Crippen LogP contribution in [0.5, 0.6) is 5.75 Å². The molecule has 0 aliphatic rings. The smallest absolute Gasteiger partial charge is 0.193 e. The van der Waals surface area contributed by atoms with Crippen molar-refractivity contribution in [1.29, 1.82) is 0 Å². The number of thiazole rings is 1. The number of fused-ring (bicyclic) bond motifs is 1. The average molecular weight is 471 g/mol. The Kier molecular flexibility index (Phi) is 7.51.